The van der Waals surface area contributed by atoms with Crippen molar-refractivity contribution in [3.63, 3.8) is 0 Å². The Kier molecular flexibility index (Phi) is 5.36. The van der Waals surface area contributed by atoms with E-state index in [2.05, 4.69) is 0 Å². The summed E-state index contributed by atoms with van der Waals surface area (Å²) < 4.78 is 55.3. The number of carbonyl (C=O) groups is 1. The molecule has 0 unspecified atom stereocenters. The predicted molar refractivity (Wildman–Crippen MR) is 16.0 cm³/mol. The summed E-state index contributed by atoms with van der Waals surface area (Å²) in [5.74, 6) is -9.20. The van der Waals surface area contributed by atoms with E-state index in [4.69, 9.17) is 9.90 Å². The SMILES string of the molecule is O=C([O-])C(F)(F)C(F)(F)F.[K+]. The van der Waals surface area contributed by atoms with Crippen LogP contribution in [0.5, 0.6) is 0 Å². The van der Waals surface area contributed by atoms with E-state index < -0.39 is 18.1 Å². The number of alkyl halides is 5. The molecule has 0 fully saturated rings. The minimum Gasteiger partial charge on any atom is -0.544 e. The van der Waals surface area contributed by atoms with E-state index in [9.17, 15) is 22.0 Å². The zero-order chi connectivity index (χ0) is 8.58. The Balaban J connectivity index is 0. The second-order valence-electron chi connectivity index (χ2n) is 1.36. The molecule has 0 rings (SSSR count). The van der Waals surface area contributed by atoms with Crippen molar-refractivity contribution in [1.29, 1.82) is 0 Å². The Labute approximate surface area is 100 Å². The summed E-state index contributed by atoms with van der Waals surface area (Å²) in [6.45, 7) is 0. The molecule has 0 bridgehead atoms. The average molecular weight is 202 g/mol. The van der Waals surface area contributed by atoms with Gasteiger partial charge in [-0.15, -0.1) is 0 Å². The number of aliphatic carboxylic acids is 1. The van der Waals surface area contributed by atoms with Gasteiger partial charge < -0.3 is 9.90 Å². The van der Waals surface area contributed by atoms with Crippen LogP contribution >= 0.6 is 0 Å². The van der Waals surface area contributed by atoms with E-state index in [1.54, 1.807) is 0 Å². The van der Waals surface area contributed by atoms with Crippen LogP contribution in [-0.2, 0) is 4.79 Å². The molecular formula is C3F5KO2. The second kappa shape index (κ2) is 4.12. The van der Waals surface area contributed by atoms with E-state index in [0.717, 1.165) is 0 Å². The predicted octanol–water partition coefficient (Wildman–Crippen LogP) is -3.06. The molecule has 2 nitrogen and oxygen atoms in total. The molecule has 0 spiro atoms. The number of carboxylic acid groups (broad SMARTS) is 1. The first-order chi connectivity index (χ1) is 4.19. The van der Waals surface area contributed by atoms with Gasteiger partial charge in [0.25, 0.3) is 0 Å². The molecule has 0 aromatic heterocycles. The number of hydrogen-bond acceptors (Lipinski definition) is 2. The van der Waals surface area contributed by atoms with Gasteiger partial charge in [-0.05, 0) is 0 Å². The molecule has 0 radical (unpaired) electrons. The summed E-state index contributed by atoms with van der Waals surface area (Å²) in [5.41, 5.74) is 0. The van der Waals surface area contributed by atoms with Crippen LogP contribution in [0.15, 0.2) is 0 Å². The maximum atomic E-state index is 11.3. The van der Waals surface area contributed by atoms with E-state index in [1.165, 1.54) is 0 Å². The third-order valence-corrected chi connectivity index (χ3v) is 0.612. The fourth-order valence-electron chi connectivity index (χ4n) is 0.116. The van der Waals surface area contributed by atoms with Crippen molar-refractivity contribution in [2.75, 3.05) is 0 Å². The molecule has 0 saturated carbocycles. The van der Waals surface area contributed by atoms with E-state index in [1.807, 2.05) is 0 Å². The standard InChI is InChI=1S/C3HF5O2.K/c4-2(5,1(9)10)3(6,7)8;/h(H,9,10);/q;+1/p-1. The maximum absolute atomic E-state index is 11.3. The van der Waals surface area contributed by atoms with Crippen molar-refractivity contribution in [3.8, 4) is 0 Å². The average Bonchev–Trinajstić information content (AvgIpc) is 1.62. The molecule has 8 heteroatoms. The topological polar surface area (TPSA) is 40.1 Å². The van der Waals surface area contributed by atoms with Gasteiger partial charge in [0.2, 0.25) is 0 Å². The third-order valence-electron chi connectivity index (χ3n) is 0.612. The van der Waals surface area contributed by atoms with Gasteiger partial charge in [0.1, 0.15) is 5.97 Å². The largest absolute Gasteiger partial charge is 1.00 e. The van der Waals surface area contributed by atoms with Crippen molar-refractivity contribution in [2.45, 2.75) is 12.1 Å². The molecular weight excluding hydrogens is 202 g/mol. The Morgan fingerprint density at radius 3 is 1.36 bits per heavy atom. The zero-order valence-electron chi connectivity index (χ0n) is 5.21. The fraction of sp³-hybridized carbons (Fsp3) is 0.667. The Hall–Kier alpha value is 0.756. The van der Waals surface area contributed by atoms with Gasteiger partial charge in [0, 0.05) is 0 Å². The summed E-state index contributed by atoms with van der Waals surface area (Å²) in [6.07, 6.45) is -6.08. The summed E-state index contributed by atoms with van der Waals surface area (Å²) >= 11 is 0. The molecule has 0 aliphatic heterocycles. The van der Waals surface area contributed by atoms with Gasteiger partial charge in [-0.2, -0.15) is 22.0 Å². The zero-order valence-corrected chi connectivity index (χ0v) is 8.33. The van der Waals surface area contributed by atoms with Crippen LogP contribution in [0.25, 0.3) is 0 Å². The van der Waals surface area contributed by atoms with Gasteiger partial charge >= 0.3 is 63.5 Å². The molecule has 0 aliphatic rings. The molecule has 11 heavy (non-hydrogen) atoms. The normalized spacial score (nSPS) is 12.1. The quantitative estimate of drug-likeness (QED) is 0.334. The van der Waals surface area contributed by atoms with Crippen LogP contribution in [0.3, 0.4) is 0 Å². The van der Waals surface area contributed by atoms with Gasteiger partial charge in [-0.3, -0.25) is 0 Å². The number of hydrogen-bond donors (Lipinski definition) is 0. The second-order valence-corrected chi connectivity index (χ2v) is 1.36. The first kappa shape index (κ1) is 14.3. The van der Waals surface area contributed by atoms with Crippen LogP contribution in [0.2, 0.25) is 0 Å². The first-order valence-electron chi connectivity index (χ1n) is 1.85. The minimum atomic E-state index is -6.08. The molecule has 0 N–H and O–H groups in total. The summed E-state index contributed by atoms with van der Waals surface area (Å²) in [7, 11) is 0. The van der Waals surface area contributed by atoms with Crippen LogP contribution in [0, 0.1) is 0 Å². The molecule has 0 aromatic carbocycles. The Bertz CT molecular complexity index is 152. The van der Waals surface area contributed by atoms with Crippen molar-refractivity contribution in [2.24, 2.45) is 0 Å². The van der Waals surface area contributed by atoms with Crippen LogP contribution in [0.1, 0.15) is 0 Å². The number of carboxylic acids is 1. The molecule has 60 valence electrons. The molecule has 0 aromatic rings. The van der Waals surface area contributed by atoms with Crippen molar-refractivity contribution < 1.29 is 83.2 Å². The third kappa shape index (κ3) is 3.32. The molecule has 0 aliphatic carbocycles. The van der Waals surface area contributed by atoms with E-state index in [0.29, 0.717) is 0 Å². The van der Waals surface area contributed by atoms with Crippen molar-refractivity contribution in [1.82, 2.24) is 0 Å². The van der Waals surface area contributed by atoms with Crippen molar-refractivity contribution in [3.05, 3.63) is 0 Å². The van der Waals surface area contributed by atoms with Crippen molar-refractivity contribution >= 4 is 5.97 Å². The Morgan fingerprint density at radius 2 is 1.36 bits per heavy atom. The summed E-state index contributed by atoms with van der Waals surface area (Å²) in [4.78, 5) is 9.09. The van der Waals surface area contributed by atoms with Gasteiger partial charge in [-0.25, -0.2) is 0 Å². The fourth-order valence-corrected chi connectivity index (χ4v) is 0.116. The van der Waals surface area contributed by atoms with Crippen LogP contribution in [0.4, 0.5) is 22.0 Å². The van der Waals surface area contributed by atoms with E-state index in [-0.39, 0.29) is 51.4 Å². The maximum Gasteiger partial charge on any atom is 1.00 e. The van der Waals surface area contributed by atoms with E-state index >= 15 is 0 Å². The van der Waals surface area contributed by atoms with Gasteiger partial charge in [0.15, 0.2) is 0 Å². The minimum absolute atomic E-state index is 0. The molecule has 0 heterocycles. The van der Waals surface area contributed by atoms with Gasteiger partial charge in [0.05, 0.1) is 0 Å². The Morgan fingerprint density at radius 1 is 1.09 bits per heavy atom. The number of rotatable bonds is 1. The first-order valence-corrected chi connectivity index (χ1v) is 1.85. The number of carbonyl (C=O) groups excluding carboxylic acids is 1. The smallest absolute Gasteiger partial charge is 0.544 e. The summed E-state index contributed by atoms with van der Waals surface area (Å²) in [6, 6.07) is 0. The molecule has 0 atom stereocenters. The van der Waals surface area contributed by atoms with Crippen LogP contribution < -0.4 is 56.5 Å². The monoisotopic (exact) mass is 202 g/mol. The summed E-state index contributed by atoms with van der Waals surface area (Å²) in [5, 5.41) is 9.09. The molecule has 0 saturated heterocycles. The van der Waals surface area contributed by atoms with Crippen LogP contribution in [-0.4, -0.2) is 18.1 Å². The number of halogens is 5. The molecule has 0 amide bonds. The van der Waals surface area contributed by atoms with Gasteiger partial charge in [-0.1, -0.05) is 0 Å².